The number of hydrogen-bond acceptors (Lipinski definition) is 4. The number of aromatic hydroxyl groups is 1. The Morgan fingerprint density at radius 2 is 1.65 bits per heavy atom. The van der Waals surface area contributed by atoms with E-state index >= 15 is 0 Å². The van der Waals surface area contributed by atoms with Gasteiger partial charge in [-0.3, -0.25) is 0 Å². The van der Waals surface area contributed by atoms with Crippen LogP contribution in [0.4, 0.5) is 0 Å². The summed E-state index contributed by atoms with van der Waals surface area (Å²) >= 11 is 0. The zero-order valence-corrected chi connectivity index (χ0v) is 15.8. The van der Waals surface area contributed by atoms with Gasteiger partial charge in [-0.05, 0) is 59.7 Å². The van der Waals surface area contributed by atoms with Gasteiger partial charge in [0, 0.05) is 0 Å². The molecule has 2 rings (SSSR count). The predicted molar refractivity (Wildman–Crippen MR) is 102 cm³/mol. The number of rotatable bonds is 5. The van der Waals surface area contributed by atoms with Crippen LogP contribution in [-0.4, -0.2) is 17.0 Å². The van der Waals surface area contributed by atoms with Crippen molar-refractivity contribution in [3.8, 4) is 5.75 Å². The Balaban J connectivity index is 2.15. The maximum atomic E-state index is 12.4. The highest BCUT2D eigenvalue weighted by atomic mass is 16.6. The highest BCUT2D eigenvalue weighted by Gasteiger charge is 2.19. The van der Waals surface area contributed by atoms with E-state index in [1.807, 2.05) is 19.1 Å². The van der Waals surface area contributed by atoms with E-state index in [2.05, 4.69) is 20.8 Å². The number of benzene rings is 2. The van der Waals surface area contributed by atoms with Crippen LogP contribution >= 0.6 is 0 Å². The Kier molecular flexibility index (Phi) is 6.19. The molecule has 0 aliphatic rings. The Morgan fingerprint density at radius 3 is 2.23 bits per heavy atom. The zero-order chi connectivity index (χ0) is 19.3. The van der Waals surface area contributed by atoms with Crippen LogP contribution in [0.1, 0.15) is 72.4 Å². The average molecular weight is 354 g/mol. The molecule has 2 aromatic rings. The minimum absolute atomic E-state index is 0.0154. The Bertz CT molecular complexity index is 783. The number of ether oxygens (including phenoxy) is 1. The van der Waals surface area contributed by atoms with Crippen molar-refractivity contribution >= 4 is 11.9 Å². The molecule has 0 atom stereocenters. The highest BCUT2D eigenvalue weighted by molar-refractivity contribution is 6.03. The quantitative estimate of drug-likeness (QED) is 0.604. The molecule has 1 N–H and O–H groups in total. The SMILES string of the molecule is CCCCc1cc(O)ccc1C(=O)OC(=O)c1ccc(C(C)(C)C)cc1. The van der Waals surface area contributed by atoms with Crippen LogP contribution in [0.25, 0.3) is 0 Å². The van der Waals surface area contributed by atoms with Crippen molar-refractivity contribution in [2.75, 3.05) is 0 Å². The summed E-state index contributed by atoms with van der Waals surface area (Å²) in [6.45, 7) is 8.32. The summed E-state index contributed by atoms with van der Waals surface area (Å²) < 4.78 is 5.05. The highest BCUT2D eigenvalue weighted by Crippen LogP contribution is 2.23. The summed E-state index contributed by atoms with van der Waals surface area (Å²) in [5.41, 5.74) is 2.42. The number of aryl methyl sites for hydroxylation is 1. The van der Waals surface area contributed by atoms with E-state index in [0.29, 0.717) is 23.1 Å². The third-order valence-electron chi connectivity index (χ3n) is 4.28. The molecule has 0 aliphatic carbocycles. The molecule has 0 heterocycles. The third kappa shape index (κ3) is 4.94. The fourth-order valence-electron chi connectivity index (χ4n) is 2.66. The van der Waals surface area contributed by atoms with Crippen LogP contribution < -0.4 is 0 Å². The van der Waals surface area contributed by atoms with Crippen LogP contribution in [-0.2, 0) is 16.6 Å². The second-order valence-corrected chi connectivity index (χ2v) is 7.45. The summed E-state index contributed by atoms with van der Waals surface area (Å²) in [6, 6.07) is 11.6. The van der Waals surface area contributed by atoms with Crippen LogP contribution in [0.2, 0.25) is 0 Å². The molecule has 0 saturated carbocycles. The van der Waals surface area contributed by atoms with Gasteiger partial charge in [0.1, 0.15) is 5.75 Å². The topological polar surface area (TPSA) is 63.6 Å². The van der Waals surface area contributed by atoms with Crippen LogP contribution in [0, 0.1) is 0 Å². The molecule has 0 aromatic heterocycles. The van der Waals surface area contributed by atoms with E-state index < -0.39 is 11.9 Å². The molecular weight excluding hydrogens is 328 g/mol. The lowest BCUT2D eigenvalue weighted by Crippen LogP contribution is -2.15. The van der Waals surface area contributed by atoms with Crippen molar-refractivity contribution in [3.05, 3.63) is 64.7 Å². The van der Waals surface area contributed by atoms with Gasteiger partial charge in [-0.25, -0.2) is 9.59 Å². The van der Waals surface area contributed by atoms with Crippen molar-refractivity contribution in [2.45, 2.75) is 52.4 Å². The largest absolute Gasteiger partial charge is 0.508 e. The minimum Gasteiger partial charge on any atom is -0.508 e. The van der Waals surface area contributed by atoms with E-state index in [0.717, 1.165) is 18.4 Å². The van der Waals surface area contributed by atoms with Crippen molar-refractivity contribution < 1.29 is 19.4 Å². The molecule has 0 unspecified atom stereocenters. The van der Waals surface area contributed by atoms with Gasteiger partial charge >= 0.3 is 11.9 Å². The van der Waals surface area contributed by atoms with Gasteiger partial charge in [-0.15, -0.1) is 0 Å². The summed E-state index contributed by atoms with van der Waals surface area (Å²) in [4.78, 5) is 24.7. The molecule has 0 amide bonds. The first kappa shape index (κ1) is 19.7. The first-order valence-corrected chi connectivity index (χ1v) is 8.91. The molecule has 0 spiro atoms. The number of unbranched alkanes of at least 4 members (excludes halogenated alkanes) is 1. The zero-order valence-electron chi connectivity index (χ0n) is 15.8. The van der Waals surface area contributed by atoms with Crippen molar-refractivity contribution in [1.29, 1.82) is 0 Å². The molecule has 0 fully saturated rings. The molecule has 0 radical (unpaired) electrons. The van der Waals surface area contributed by atoms with E-state index in [1.165, 1.54) is 12.1 Å². The number of carbonyl (C=O) groups is 2. The van der Waals surface area contributed by atoms with Crippen molar-refractivity contribution in [2.24, 2.45) is 0 Å². The Morgan fingerprint density at radius 1 is 1.00 bits per heavy atom. The van der Waals surface area contributed by atoms with Crippen molar-refractivity contribution in [3.63, 3.8) is 0 Å². The number of phenolic OH excluding ortho intramolecular Hbond substituents is 1. The fourth-order valence-corrected chi connectivity index (χ4v) is 2.66. The number of hydrogen-bond donors (Lipinski definition) is 1. The number of phenols is 1. The maximum absolute atomic E-state index is 12.4. The molecular formula is C22H26O4. The lowest BCUT2D eigenvalue weighted by molar-refractivity contribution is 0.0397. The molecule has 4 heteroatoms. The lowest BCUT2D eigenvalue weighted by atomic mass is 9.87. The van der Waals surface area contributed by atoms with Gasteiger partial charge in [0.25, 0.3) is 0 Å². The van der Waals surface area contributed by atoms with Gasteiger partial charge in [0.2, 0.25) is 0 Å². The van der Waals surface area contributed by atoms with E-state index in [4.69, 9.17) is 4.74 Å². The Labute approximate surface area is 154 Å². The van der Waals surface area contributed by atoms with Crippen LogP contribution in [0.15, 0.2) is 42.5 Å². The minimum atomic E-state index is -0.694. The monoisotopic (exact) mass is 354 g/mol. The molecule has 0 saturated heterocycles. The van der Waals surface area contributed by atoms with Gasteiger partial charge in [-0.2, -0.15) is 0 Å². The van der Waals surface area contributed by atoms with Crippen LogP contribution in [0.3, 0.4) is 0 Å². The summed E-state index contributed by atoms with van der Waals surface area (Å²) in [5, 5.41) is 9.65. The predicted octanol–water partition coefficient (Wildman–Crippen LogP) is 5.03. The van der Waals surface area contributed by atoms with Gasteiger partial charge in [0.15, 0.2) is 0 Å². The van der Waals surface area contributed by atoms with Gasteiger partial charge < -0.3 is 9.84 Å². The summed E-state index contributed by atoms with van der Waals surface area (Å²) in [5.74, 6) is -1.28. The van der Waals surface area contributed by atoms with E-state index in [1.54, 1.807) is 18.2 Å². The summed E-state index contributed by atoms with van der Waals surface area (Å²) in [7, 11) is 0. The second kappa shape index (κ2) is 8.17. The molecule has 138 valence electrons. The fraction of sp³-hybridized carbons (Fsp3) is 0.364. The third-order valence-corrected chi connectivity index (χ3v) is 4.28. The first-order chi connectivity index (χ1) is 12.2. The maximum Gasteiger partial charge on any atom is 0.346 e. The molecule has 26 heavy (non-hydrogen) atoms. The molecule has 2 aromatic carbocycles. The van der Waals surface area contributed by atoms with Gasteiger partial charge in [-0.1, -0.05) is 46.2 Å². The van der Waals surface area contributed by atoms with Crippen molar-refractivity contribution in [1.82, 2.24) is 0 Å². The standard InChI is InChI=1S/C22H26O4/c1-5-6-7-16-14-18(23)12-13-19(16)21(25)26-20(24)15-8-10-17(11-9-15)22(2,3)4/h8-14,23H,5-7H2,1-4H3. The number of esters is 2. The average Bonchev–Trinajstić information content (AvgIpc) is 2.59. The normalized spacial score (nSPS) is 11.2. The summed E-state index contributed by atoms with van der Waals surface area (Å²) in [6.07, 6.45) is 2.49. The smallest absolute Gasteiger partial charge is 0.346 e. The molecule has 4 nitrogen and oxygen atoms in total. The molecule has 0 bridgehead atoms. The van der Waals surface area contributed by atoms with E-state index in [-0.39, 0.29) is 11.2 Å². The number of carbonyl (C=O) groups excluding carboxylic acids is 2. The van der Waals surface area contributed by atoms with Crippen LogP contribution in [0.5, 0.6) is 5.75 Å². The second-order valence-electron chi connectivity index (χ2n) is 7.45. The van der Waals surface area contributed by atoms with E-state index in [9.17, 15) is 14.7 Å². The molecule has 0 aliphatic heterocycles. The first-order valence-electron chi connectivity index (χ1n) is 8.91. The van der Waals surface area contributed by atoms with Gasteiger partial charge in [0.05, 0.1) is 11.1 Å². The Hall–Kier alpha value is -2.62. The lowest BCUT2D eigenvalue weighted by Gasteiger charge is -2.18.